The highest BCUT2D eigenvalue weighted by molar-refractivity contribution is 6.27. The van der Waals surface area contributed by atoms with E-state index in [1.165, 1.54) is 24.7 Å². The highest BCUT2D eigenvalue weighted by Crippen LogP contribution is 2.41. The Morgan fingerprint density at radius 1 is 1.06 bits per heavy atom. The van der Waals surface area contributed by atoms with Crippen molar-refractivity contribution in [1.29, 1.82) is 0 Å². The van der Waals surface area contributed by atoms with Crippen LogP contribution in [0.5, 0.6) is 5.75 Å². The number of hydrogen-bond acceptors (Lipinski definition) is 4. The Hall–Kier alpha value is -3.41. The number of nitrogens with one attached hydrogen (secondary N) is 2. The second-order valence-electron chi connectivity index (χ2n) is 8.59. The molecule has 6 nitrogen and oxygen atoms in total. The predicted molar refractivity (Wildman–Crippen MR) is 126 cm³/mol. The first-order chi connectivity index (χ1) is 15.5. The van der Waals surface area contributed by atoms with Gasteiger partial charge in [0.15, 0.2) is 5.82 Å². The largest absolute Gasteiger partial charge is 0.494 e. The van der Waals surface area contributed by atoms with Crippen molar-refractivity contribution in [2.75, 3.05) is 6.61 Å². The van der Waals surface area contributed by atoms with Crippen LogP contribution in [0.1, 0.15) is 62.0 Å². The number of benzene rings is 2. The second-order valence-corrected chi connectivity index (χ2v) is 8.59. The number of aromatic amines is 1. The molecule has 0 saturated heterocycles. The fourth-order valence-corrected chi connectivity index (χ4v) is 4.14. The van der Waals surface area contributed by atoms with Crippen LogP contribution in [0, 0.1) is 6.92 Å². The van der Waals surface area contributed by atoms with Crippen LogP contribution in [0.4, 0.5) is 0 Å². The summed E-state index contributed by atoms with van der Waals surface area (Å²) in [7, 11) is 0. The van der Waals surface area contributed by atoms with Crippen LogP contribution in [0.2, 0.25) is 0 Å². The van der Waals surface area contributed by atoms with Crippen LogP contribution in [0.15, 0.2) is 54.9 Å². The number of carbonyl (C=O) groups excluding carboxylic acids is 1. The van der Waals surface area contributed by atoms with Crippen LogP contribution in [-0.2, 0) is 10.3 Å². The van der Waals surface area contributed by atoms with Gasteiger partial charge in [-0.25, -0.2) is 4.98 Å². The Kier molecular flexibility index (Phi) is 6.40. The number of amides is 1. The zero-order valence-electron chi connectivity index (χ0n) is 18.9. The van der Waals surface area contributed by atoms with Gasteiger partial charge >= 0.3 is 0 Å². The molecule has 1 unspecified atom stereocenters. The second kappa shape index (κ2) is 9.39. The first kappa shape index (κ1) is 21.8. The molecule has 0 fully saturated rings. The van der Waals surface area contributed by atoms with E-state index >= 15 is 0 Å². The van der Waals surface area contributed by atoms with Crippen molar-refractivity contribution in [3.63, 3.8) is 0 Å². The van der Waals surface area contributed by atoms with Crippen LogP contribution in [0.25, 0.3) is 11.1 Å². The van der Waals surface area contributed by atoms with E-state index in [2.05, 4.69) is 65.5 Å². The lowest BCUT2D eigenvalue weighted by Gasteiger charge is -2.37. The van der Waals surface area contributed by atoms with Gasteiger partial charge in [-0.3, -0.25) is 9.89 Å². The lowest BCUT2D eigenvalue weighted by atomic mass is 9.78. The lowest BCUT2D eigenvalue weighted by Crippen LogP contribution is -2.47. The van der Waals surface area contributed by atoms with Gasteiger partial charge in [0.25, 0.3) is 5.91 Å². The van der Waals surface area contributed by atoms with Gasteiger partial charge in [-0.1, -0.05) is 61.7 Å². The Labute approximate surface area is 189 Å². The van der Waals surface area contributed by atoms with Crippen LogP contribution >= 0.6 is 0 Å². The number of rotatable bonds is 8. The van der Waals surface area contributed by atoms with Crippen molar-refractivity contribution in [3.8, 4) is 5.75 Å². The van der Waals surface area contributed by atoms with E-state index in [1.54, 1.807) is 0 Å². The smallest absolute Gasteiger partial charge is 0.256 e. The van der Waals surface area contributed by atoms with Crippen molar-refractivity contribution < 1.29 is 9.53 Å². The molecule has 6 heteroatoms. The minimum absolute atomic E-state index is 0.172. The first-order valence-electron chi connectivity index (χ1n) is 11.2. The molecule has 2 aromatic carbocycles. The van der Waals surface area contributed by atoms with Gasteiger partial charge in [0, 0.05) is 6.42 Å². The Morgan fingerprint density at radius 3 is 2.47 bits per heavy atom. The Morgan fingerprint density at radius 2 is 1.81 bits per heavy atom. The maximum absolute atomic E-state index is 13.3. The minimum atomic E-state index is -0.558. The number of unbranched alkanes of at least 4 members (excludes halogenated alkanes) is 2. The number of aromatic nitrogens is 3. The molecule has 0 saturated carbocycles. The van der Waals surface area contributed by atoms with Crippen molar-refractivity contribution in [1.82, 2.24) is 20.5 Å². The van der Waals surface area contributed by atoms with E-state index < -0.39 is 5.54 Å². The summed E-state index contributed by atoms with van der Waals surface area (Å²) in [5.41, 5.74) is 4.11. The third kappa shape index (κ3) is 4.59. The molecule has 4 rings (SSSR count). The standard InChI is InChI=1S/C26H30N4O2/c1-4-5-6-15-32-21-13-11-20(12-14-21)26(3)16-22(19-9-7-18(2)8-10-19)23(25(31)29-26)24-27-17-28-30-24/h7-14,17H,4-6,15-16H2,1-3H3,(H,29,31)(H,27,28,30). The molecule has 1 aromatic heterocycles. The van der Waals surface area contributed by atoms with Crippen LogP contribution in [-0.4, -0.2) is 27.7 Å². The molecule has 1 atom stereocenters. The van der Waals surface area contributed by atoms with Gasteiger partial charge < -0.3 is 10.1 Å². The maximum atomic E-state index is 13.3. The summed E-state index contributed by atoms with van der Waals surface area (Å²) < 4.78 is 5.86. The fourth-order valence-electron chi connectivity index (χ4n) is 4.14. The molecule has 166 valence electrons. The Balaban J connectivity index is 1.65. The zero-order valence-corrected chi connectivity index (χ0v) is 18.9. The summed E-state index contributed by atoms with van der Waals surface area (Å²) >= 11 is 0. The van der Waals surface area contributed by atoms with Gasteiger partial charge in [0.2, 0.25) is 0 Å². The molecular formula is C26H30N4O2. The summed E-state index contributed by atoms with van der Waals surface area (Å²) in [6.07, 6.45) is 5.52. The third-order valence-electron chi connectivity index (χ3n) is 6.00. The van der Waals surface area contributed by atoms with Crippen molar-refractivity contribution in [2.45, 2.75) is 52.0 Å². The third-order valence-corrected chi connectivity index (χ3v) is 6.00. The van der Waals surface area contributed by atoms with E-state index in [9.17, 15) is 4.79 Å². The number of hydrogen-bond donors (Lipinski definition) is 2. The summed E-state index contributed by atoms with van der Waals surface area (Å²) in [6.45, 7) is 7.02. The first-order valence-corrected chi connectivity index (χ1v) is 11.2. The molecule has 1 aliphatic rings. The quantitative estimate of drug-likeness (QED) is 0.491. The van der Waals surface area contributed by atoms with E-state index in [1.807, 2.05) is 24.3 Å². The van der Waals surface area contributed by atoms with Crippen molar-refractivity contribution in [2.24, 2.45) is 0 Å². The maximum Gasteiger partial charge on any atom is 0.256 e. The number of carbonyl (C=O) groups is 1. The molecule has 1 aliphatic heterocycles. The summed E-state index contributed by atoms with van der Waals surface area (Å²) in [6, 6.07) is 16.3. The average Bonchev–Trinajstić information content (AvgIpc) is 3.31. The van der Waals surface area contributed by atoms with Crippen LogP contribution < -0.4 is 10.1 Å². The van der Waals surface area contributed by atoms with Crippen molar-refractivity contribution in [3.05, 3.63) is 77.4 Å². The molecule has 2 heterocycles. The van der Waals surface area contributed by atoms with Gasteiger partial charge in [-0.15, -0.1) is 0 Å². The fraction of sp³-hybridized carbons (Fsp3) is 0.346. The van der Waals surface area contributed by atoms with Crippen LogP contribution in [0.3, 0.4) is 0 Å². The summed E-state index contributed by atoms with van der Waals surface area (Å²) in [4.78, 5) is 17.6. The van der Waals surface area contributed by atoms with Gasteiger partial charge in [-0.2, -0.15) is 5.10 Å². The molecule has 0 spiro atoms. The van der Waals surface area contributed by atoms with E-state index in [4.69, 9.17) is 4.74 Å². The van der Waals surface area contributed by atoms with Gasteiger partial charge in [0.05, 0.1) is 17.7 Å². The summed E-state index contributed by atoms with van der Waals surface area (Å²) in [5.74, 6) is 1.09. The molecule has 0 radical (unpaired) electrons. The van der Waals surface area contributed by atoms with Gasteiger partial charge in [-0.05, 0) is 49.1 Å². The molecule has 3 aromatic rings. The molecule has 1 amide bonds. The summed E-state index contributed by atoms with van der Waals surface area (Å²) in [5, 5.41) is 10.1. The number of ether oxygens (including phenoxy) is 1. The van der Waals surface area contributed by atoms with E-state index in [0.717, 1.165) is 35.5 Å². The molecule has 0 aliphatic carbocycles. The molecule has 32 heavy (non-hydrogen) atoms. The minimum Gasteiger partial charge on any atom is -0.494 e. The van der Waals surface area contributed by atoms with Gasteiger partial charge in [0.1, 0.15) is 12.1 Å². The lowest BCUT2D eigenvalue weighted by molar-refractivity contribution is -0.117. The predicted octanol–water partition coefficient (Wildman–Crippen LogP) is 5.03. The van der Waals surface area contributed by atoms with Crippen molar-refractivity contribution >= 4 is 17.1 Å². The number of H-pyrrole nitrogens is 1. The topological polar surface area (TPSA) is 79.9 Å². The SMILES string of the molecule is CCCCCOc1ccc(C2(C)CC(c3ccc(C)cc3)=C(c3nc[nH]n3)C(=O)N2)cc1. The highest BCUT2D eigenvalue weighted by atomic mass is 16.5. The number of nitrogens with zero attached hydrogens (tertiary/aromatic N) is 2. The molecule has 2 N–H and O–H groups in total. The highest BCUT2D eigenvalue weighted by Gasteiger charge is 2.39. The molecule has 0 bridgehead atoms. The zero-order chi connectivity index (χ0) is 22.6. The van der Waals surface area contributed by atoms with E-state index in [0.29, 0.717) is 17.8 Å². The number of aryl methyl sites for hydroxylation is 1. The average molecular weight is 431 g/mol. The normalized spacial score (nSPS) is 18.5. The molecular weight excluding hydrogens is 400 g/mol. The monoisotopic (exact) mass is 430 g/mol. The van der Waals surface area contributed by atoms with E-state index in [-0.39, 0.29) is 5.91 Å². The Bertz CT molecular complexity index is 1090.